The van der Waals surface area contributed by atoms with E-state index in [1.54, 1.807) is 7.05 Å². The van der Waals surface area contributed by atoms with E-state index in [1.165, 1.54) is 21.6 Å². The lowest BCUT2D eigenvalue weighted by molar-refractivity contribution is -0.143. The van der Waals surface area contributed by atoms with Crippen molar-refractivity contribution in [2.75, 3.05) is 13.6 Å². The summed E-state index contributed by atoms with van der Waals surface area (Å²) in [6.07, 6.45) is 0.725. The van der Waals surface area contributed by atoms with E-state index in [1.807, 2.05) is 13.8 Å². The zero-order valence-corrected chi connectivity index (χ0v) is 10.5. The minimum atomic E-state index is -0.909. The summed E-state index contributed by atoms with van der Waals surface area (Å²) in [5.74, 6) is -1.55. The molecule has 0 aliphatic rings. The molecule has 0 saturated carbocycles. The maximum atomic E-state index is 11.3. The zero-order chi connectivity index (χ0) is 13.0. The number of aryl methyl sites for hydroxylation is 2. The first kappa shape index (κ1) is 13.2. The summed E-state index contributed by atoms with van der Waals surface area (Å²) in [6, 6.07) is 6.20. The van der Waals surface area contributed by atoms with Gasteiger partial charge in [0, 0.05) is 13.6 Å². The topological polar surface area (TPSA) is 63.4 Å². The predicted octanol–water partition coefficient (Wildman–Crippen LogP) is 0.790. The van der Waals surface area contributed by atoms with E-state index in [0.29, 0.717) is 6.54 Å². The van der Waals surface area contributed by atoms with Crippen LogP contribution in [0.2, 0.25) is 0 Å². The summed E-state index contributed by atoms with van der Waals surface area (Å²) in [5, 5.41) is 0. The van der Waals surface area contributed by atoms with Crippen molar-refractivity contribution in [3.8, 4) is 0 Å². The maximum absolute atomic E-state index is 11.3. The summed E-state index contributed by atoms with van der Waals surface area (Å²) in [7, 11) is 1.58. The third-order valence-corrected chi connectivity index (χ3v) is 2.78. The van der Waals surface area contributed by atoms with Crippen LogP contribution in [0.5, 0.6) is 0 Å². The van der Waals surface area contributed by atoms with Crippen LogP contribution >= 0.6 is 0 Å². The second kappa shape index (κ2) is 5.48. The van der Waals surface area contributed by atoms with Crippen LogP contribution in [-0.4, -0.2) is 30.3 Å². The van der Waals surface area contributed by atoms with Crippen LogP contribution in [0.15, 0.2) is 18.2 Å². The molecule has 0 radical (unpaired) electrons. The molecule has 2 N–H and O–H groups in total. The SMILES string of the molecule is Cc1ccc(C)c(CCN(C)C(=O)C(N)=O)c1. The maximum Gasteiger partial charge on any atom is 0.311 e. The second-order valence-corrected chi connectivity index (χ2v) is 4.27. The number of carbonyl (C=O) groups excluding carboxylic acids is 2. The van der Waals surface area contributed by atoms with Gasteiger partial charge in [-0.15, -0.1) is 0 Å². The summed E-state index contributed by atoms with van der Waals surface area (Å²) in [6.45, 7) is 4.55. The van der Waals surface area contributed by atoms with Gasteiger partial charge in [-0.1, -0.05) is 23.8 Å². The van der Waals surface area contributed by atoms with E-state index in [9.17, 15) is 9.59 Å². The Balaban J connectivity index is 2.64. The number of hydrogen-bond acceptors (Lipinski definition) is 2. The van der Waals surface area contributed by atoms with Crippen LogP contribution in [0.1, 0.15) is 16.7 Å². The van der Waals surface area contributed by atoms with Crippen LogP contribution in [0, 0.1) is 13.8 Å². The number of nitrogens with zero attached hydrogens (tertiary/aromatic N) is 1. The fourth-order valence-electron chi connectivity index (χ4n) is 1.65. The Morgan fingerprint density at radius 2 is 1.94 bits per heavy atom. The standard InChI is InChI=1S/C13H18N2O2/c1-9-4-5-10(2)11(8-9)6-7-15(3)13(17)12(14)16/h4-5,8H,6-7H2,1-3H3,(H2,14,16). The third-order valence-electron chi connectivity index (χ3n) is 2.78. The van der Waals surface area contributed by atoms with Gasteiger partial charge < -0.3 is 10.6 Å². The van der Waals surface area contributed by atoms with Gasteiger partial charge in [0.05, 0.1) is 0 Å². The molecule has 1 rings (SSSR count). The zero-order valence-electron chi connectivity index (χ0n) is 10.5. The molecule has 92 valence electrons. The van der Waals surface area contributed by atoms with Gasteiger partial charge in [-0.3, -0.25) is 9.59 Å². The minimum Gasteiger partial charge on any atom is -0.361 e. The van der Waals surface area contributed by atoms with Crippen molar-refractivity contribution in [3.05, 3.63) is 34.9 Å². The average Bonchev–Trinajstić information content (AvgIpc) is 2.28. The molecule has 0 bridgehead atoms. The monoisotopic (exact) mass is 234 g/mol. The van der Waals surface area contributed by atoms with Crippen LogP contribution < -0.4 is 5.73 Å². The van der Waals surface area contributed by atoms with E-state index in [-0.39, 0.29) is 0 Å². The number of primary amides is 1. The number of amides is 2. The van der Waals surface area contributed by atoms with Crippen molar-refractivity contribution in [2.45, 2.75) is 20.3 Å². The van der Waals surface area contributed by atoms with Gasteiger partial charge in [0.25, 0.3) is 0 Å². The first-order chi connectivity index (χ1) is 7.91. The van der Waals surface area contributed by atoms with Crippen LogP contribution in [0.25, 0.3) is 0 Å². The molecular formula is C13H18N2O2. The van der Waals surface area contributed by atoms with Crippen molar-refractivity contribution in [3.63, 3.8) is 0 Å². The molecule has 17 heavy (non-hydrogen) atoms. The molecule has 2 amide bonds. The molecule has 0 aromatic heterocycles. The molecule has 0 atom stereocenters. The quantitative estimate of drug-likeness (QED) is 0.786. The summed E-state index contributed by atoms with van der Waals surface area (Å²) in [4.78, 5) is 23.3. The molecule has 1 aromatic rings. The smallest absolute Gasteiger partial charge is 0.311 e. The van der Waals surface area contributed by atoms with E-state index in [2.05, 4.69) is 18.2 Å². The van der Waals surface area contributed by atoms with Gasteiger partial charge in [0.2, 0.25) is 0 Å². The van der Waals surface area contributed by atoms with E-state index in [0.717, 1.165) is 6.42 Å². The molecular weight excluding hydrogens is 216 g/mol. The Morgan fingerprint density at radius 3 is 2.53 bits per heavy atom. The Morgan fingerprint density at radius 1 is 1.29 bits per heavy atom. The highest BCUT2D eigenvalue weighted by Gasteiger charge is 2.14. The molecule has 1 aromatic carbocycles. The fourth-order valence-corrected chi connectivity index (χ4v) is 1.65. The first-order valence-electron chi connectivity index (χ1n) is 5.53. The molecule has 4 nitrogen and oxygen atoms in total. The van der Waals surface area contributed by atoms with Crippen molar-refractivity contribution < 1.29 is 9.59 Å². The Bertz CT molecular complexity index is 441. The molecule has 0 spiro atoms. The van der Waals surface area contributed by atoms with Crippen LogP contribution in [-0.2, 0) is 16.0 Å². The molecule has 4 heteroatoms. The van der Waals surface area contributed by atoms with Crippen LogP contribution in [0.3, 0.4) is 0 Å². The highest BCUT2D eigenvalue weighted by atomic mass is 16.2. The van der Waals surface area contributed by atoms with Crippen molar-refractivity contribution >= 4 is 11.8 Å². The number of hydrogen-bond donors (Lipinski definition) is 1. The first-order valence-corrected chi connectivity index (χ1v) is 5.53. The lowest BCUT2D eigenvalue weighted by Crippen LogP contribution is -2.38. The summed E-state index contributed by atoms with van der Waals surface area (Å²) >= 11 is 0. The molecule has 0 unspecified atom stereocenters. The molecule has 0 aliphatic heterocycles. The van der Waals surface area contributed by atoms with Gasteiger partial charge in [0.1, 0.15) is 0 Å². The van der Waals surface area contributed by atoms with Gasteiger partial charge in [-0.05, 0) is 31.4 Å². The highest BCUT2D eigenvalue weighted by molar-refractivity contribution is 6.34. The number of benzene rings is 1. The number of likely N-dealkylation sites (N-methyl/N-ethyl adjacent to an activating group) is 1. The molecule has 0 aliphatic carbocycles. The Labute approximate surface area is 101 Å². The fraction of sp³-hybridized carbons (Fsp3) is 0.385. The van der Waals surface area contributed by atoms with Crippen molar-refractivity contribution in [1.29, 1.82) is 0 Å². The highest BCUT2D eigenvalue weighted by Crippen LogP contribution is 2.11. The van der Waals surface area contributed by atoms with Crippen molar-refractivity contribution in [1.82, 2.24) is 4.90 Å². The largest absolute Gasteiger partial charge is 0.361 e. The lowest BCUT2D eigenvalue weighted by atomic mass is 10.0. The Hall–Kier alpha value is -1.84. The third kappa shape index (κ3) is 3.59. The second-order valence-electron chi connectivity index (χ2n) is 4.27. The van der Waals surface area contributed by atoms with Gasteiger partial charge >= 0.3 is 11.8 Å². The normalized spacial score (nSPS) is 10.1. The van der Waals surface area contributed by atoms with Gasteiger partial charge in [-0.2, -0.15) is 0 Å². The predicted molar refractivity (Wildman–Crippen MR) is 66.5 cm³/mol. The lowest BCUT2D eigenvalue weighted by Gasteiger charge is -2.16. The molecule has 0 fully saturated rings. The van der Waals surface area contributed by atoms with E-state index >= 15 is 0 Å². The molecule has 0 saturated heterocycles. The number of nitrogens with two attached hydrogens (primary N) is 1. The van der Waals surface area contributed by atoms with Crippen LogP contribution in [0.4, 0.5) is 0 Å². The van der Waals surface area contributed by atoms with Gasteiger partial charge in [-0.25, -0.2) is 0 Å². The van der Waals surface area contributed by atoms with Crippen molar-refractivity contribution in [2.24, 2.45) is 5.73 Å². The van der Waals surface area contributed by atoms with E-state index < -0.39 is 11.8 Å². The van der Waals surface area contributed by atoms with Gasteiger partial charge in [0.15, 0.2) is 0 Å². The minimum absolute atomic E-state index is 0.492. The average molecular weight is 234 g/mol. The number of rotatable bonds is 3. The number of carbonyl (C=O) groups is 2. The van der Waals surface area contributed by atoms with E-state index in [4.69, 9.17) is 5.73 Å². The summed E-state index contributed by atoms with van der Waals surface area (Å²) < 4.78 is 0. The molecule has 0 heterocycles. The summed E-state index contributed by atoms with van der Waals surface area (Å²) in [5.41, 5.74) is 8.50. The Kier molecular flexibility index (Phi) is 4.26.